The molecule has 4 rings (SSSR count). The third-order valence-corrected chi connectivity index (χ3v) is 9.11. The van der Waals surface area contributed by atoms with Crippen LogP contribution in [0.3, 0.4) is 0 Å². The van der Waals surface area contributed by atoms with Gasteiger partial charge in [0.2, 0.25) is 5.91 Å². The van der Waals surface area contributed by atoms with E-state index in [9.17, 15) is 26.0 Å². The Morgan fingerprint density at radius 3 is 1.95 bits per heavy atom. The molecule has 0 saturated carbocycles. The van der Waals surface area contributed by atoms with Gasteiger partial charge in [-0.3, -0.25) is 13.8 Å². The number of carbonyl (C=O) groups excluding carboxylic acids is 1. The number of rotatable bonds is 11. The van der Waals surface area contributed by atoms with Gasteiger partial charge < -0.3 is 10.1 Å². The summed E-state index contributed by atoms with van der Waals surface area (Å²) in [6.45, 7) is 1.67. The van der Waals surface area contributed by atoms with Crippen LogP contribution in [0, 0.1) is 5.82 Å². The monoisotopic (exact) mass is 617 g/mol. The van der Waals surface area contributed by atoms with Gasteiger partial charge in [-0.15, -0.1) is 0 Å². The molecule has 214 valence electrons. The fourth-order valence-corrected chi connectivity index (χ4v) is 6.31. The minimum Gasteiger partial charge on any atom is -0.494 e. The number of nitrogens with zero attached hydrogens (tertiary/aromatic N) is 1. The summed E-state index contributed by atoms with van der Waals surface area (Å²) in [5.74, 6) is -0.639. The molecule has 1 amide bonds. The van der Waals surface area contributed by atoms with Crippen molar-refractivity contribution in [3.05, 3.63) is 108 Å². The summed E-state index contributed by atoms with van der Waals surface area (Å²) >= 11 is 5.92. The number of ether oxygens (including phenoxy) is 1. The van der Waals surface area contributed by atoms with Crippen LogP contribution in [0.5, 0.6) is 5.75 Å². The van der Waals surface area contributed by atoms with E-state index in [-0.39, 0.29) is 26.9 Å². The maximum atomic E-state index is 13.5. The number of benzene rings is 4. The average Bonchev–Trinajstić information content (AvgIpc) is 2.94. The first kappa shape index (κ1) is 29.8. The molecule has 0 bridgehead atoms. The summed E-state index contributed by atoms with van der Waals surface area (Å²) in [6, 6.07) is 21.9. The van der Waals surface area contributed by atoms with Crippen molar-refractivity contribution in [2.24, 2.45) is 0 Å². The lowest BCUT2D eigenvalue weighted by molar-refractivity contribution is -0.114. The van der Waals surface area contributed by atoms with Gasteiger partial charge in [-0.25, -0.2) is 21.2 Å². The maximum Gasteiger partial charge on any atom is 0.264 e. The molecule has 0 spiro atoms. The van der Waals surface area contributed by atoms with E-state index >= 15 is 0 Å². The van der Waals surface area contributed by atoms with Crippen molar-refractivity contribution in [3.63, 3.8) is 0 Å². The van der Waals surface area contributed by atoms with E-state index in [2.05, 4.69) is 10.0 Å². The third kappa shape index (κ3) is 7.54. The zero-order valence-electron chi connectivity index (χ0n) is 21.6. The summed E-state index contributed by atoms with van der Waals surface area (Å²) in [5.41, 5.74) is 0.651. The molecular formula is C28H25ClFN3O6S2. The summed E-state index contributed by atoms with van der Waals surface area (Å²) in [5, 5.41) is 2.95. The Hall–Kier alpha value is -4.13. The number of anilines is 3. The van der Waals surface area contributed by atoms with E-state index in [0.717, 1.165) is 16.4 Å². The van der Waals surface area contributed by atoms with E-state index in [4.69, 9.17) is 16.3 Å². The van der Waals surface area contributed by atoms with Crippen LogP contribution in [-0.2, 0) is 24.8 Å². The summed E-state index contributed by atoms with van der Waals surface area (Å²) in [6.07, 6.45) is 0. The minimum atomic E-state index is -4.18. The van der Waals surface area contributed by atoms with Gasteiger partial charge in [0.1, 0.15) is 18.1 Å². The van der Waals surface area contributed by atoms with Gasteiger partial charge >= 0.3 is 0 Å². The largest absolute Gasteiger partial charge is 0.494 e. The van der Waals surface area contributed by atoms with Crippen molar-refractivity contribution in [2.45, 2.75) is 16.7 Å². The molecule has 0 aliphatic carbocycles. The molecule has 4 aromatic rings. The second-order valence-electron chi connectivity index (χ2n) is 8.58. The highest BCUT2D eigenvalue weighted by Gasteiger charge is 2.27. The number of amides is 1. The first-order valence-electron chi connectivity index (χ1n) is 12.2. The quantitative estimate of drug-likeness (QED) is 0.229. The van der Waals surface area contributed by atoms with Gasteiger partial charge in [0, 0.05) is 16.4 Å². The second-order valence-corrected chi connectivity index (χ2v) is 12.6. The van der Waals surface area contributed by atoms with Crippen LogP contribution in [0.4, 0.5) is 21.5 Å². The highest BCUT2D eigenvalue weighted by Crippen LogP contribution is 2.27. The van der Waals surface area contributed by atoms with Crippen molar-refractivity contribution in [1.29, 1.82) is 0 Å². The van der Waals surface area contributed by atoms with Crippen LogP contribution in [-0.4, -0.2) is 35.9 Å². The van der Waals surface area contributed by atoms with Gasteiger partial charge in [0.15, 0.2) is 0 Å². The number of hydrogen-bond acceptors (Lipinski definition) is 6. The van der Waals surface area contributed by atoms with Gasteiger partial charge in [0.25, 0.3) is 20.0 Å². The topological polar surface area (TPSA) is 122 Å². The predicted molar refractivity (Wildman–Crippen MR) is 156 cm³/mol. The van der Waals surface area contributed by atoms with Crippen molar-refractivity contribution in [3.8, 4) is 5.75 Å². The molecule has 0 unspecified atom stereocenters. The molecule has 0 atom stereocenters. The fourth-order valence-electron chi connectivity index (χ4n) is 3.70. The van der Waals surface area contributed by atoms with Crippen molar-refractivity contribution in [1.82, 2.24) is 0 Å². The highest BCUT2D eigenvalue weighted by molar-refractivity contribution is 7.93. The first-order chi connectivity index (χ1) is 19.5. The SMILES string of the molecule is CCOc1ccc(N(CC(=O)Nc2ccc(S(=O)(=O)Nc3ccc(F)cc3)cc2)S(=O)(=O)c2ccc(Cl)cc2)cc1. The zero-order valence-corrected chi connectivity index (χ0v) is 24.0. The van der Waals surface area contributed by atoms with Crippen LogP contribution >= 0.6 is 11.6 Å². The number of hydrogen-bond donors (Lipinski definition) is 2. The lowest BCUT2D eigenvalue weighted by Gasteiger charge is -2.24. The normalized spacial score (nSPS) is 11.5. The van der Waals surface area contributed by atoms with Gasteiger partial charge in [-0.2, -0.15) is 0 Å². The summed E-state index contributed by atoms with van der Waals surface area (Å²) in [4.78, 5) is 12.9. The Morgan fingerprint density at radius 1 is 0.805 bits per heavy atom. The Bertz CT molecular complexity index is 1720. The van der Waals surface area contributed by atoms with Gasteiger partial charge in [-0.1, -0.05) is 11.6 Å². The maximum absolute atomic E-state index is 13.5. The van der Waals surface area contributed by atoms with Crippen molar-refractivity contribution < 1.29 is 30.8 Å². The smallest absolute Gasteiger partial charge is 0.264 e. The first-order valence-corrected chi connectivity index (χ1v) is 15.5. The molecule has 0 aromatic heterocycles. The molecule has 41 heavy (non-hydrogen) atoms. The second kappa shape index (κ2) is 12.6. The molecule has 13 heteroatoms. The summed E-state index contributed by atoms with van der Waals surface area (Å²) < 4.78 is 74.3. The van der Waals surface area contributed by atoms with Crippen molar-refractivity contribution >= 4 is 54.6 Å². The van der Waals surface area contributed by atoms with E-state index in [1.165, 1.54) is 72.8 Å². The van der Waals surface area contributed by atoms with E-state index < -0.39 is 38.3 Å². The Labute approximate surface area is 242 Å². The molecule has 0 radical (unpaired) electrons. The Balaban J connectivity index is 1.53. The predicted octanol–water partition coefficient (Wildman–Crippen LogP) is 5.51. The average molecular weight is 618 g/mol. The number of halogens is 2. The summed E-state index contributed by atoms with van der Waals surface area (Å²) in [7, 11) is -8.16. The number of sulfonamides is 2. The highest BCUT2D eigenvalue weighted by atomic mass is 35.5. The van der Waals surface area contributed by atoms with E-state index in [1.54, 1.807) is 12.1 Å². The minimum absolute atomic E-state index is 0.0631. The number of carbonyl (C=O) groups is 1. The standard InChI is InChI=1S/C28H25ClFN3O6S2/c1-2-39-25-13-11-24(12-14-25)33(41(37,38)27-15-3-20(29)4-16-27)19-28(34)31-22-9-17-26(18-10-22)40(35,36)32-23-7-5-21(30)6-8-23/h3-18,32H,2,19H2,1H3,(H,31,34). The van der Waals surface area contributed by atoms with Gasteiger partial charge in [0.05, 0.1) is 22.1 Å². The molecular weight excluding hydrogens is 593 g/mol. The molecule has 0 heterocycles. The zero-order chi connectivity index (χ0) is 29.6. The molecule has 0 aliphatic rings. The van der Waals surface area contributed by atoms with Crippen molar-refractivity contribution in [2.75, 3.05) is 27.5 Å². The third-order valence-electron chi connectivity index (χ3n) is 5.67. The molecule has 0 fully saturated rings. The Kier molecular flexibility index (Phi) is 9.16. The lowest BCUT2D eigenvalue weighted by Crippen LogP contribution is -2.38. The van der Waals surface area contributed by atoms with Crippen LogP contribution < -0.4 is 19.1 Å². The van der Waals surface area contributed by atoms with E-state index in [1.807, 2.05) is 6.92 Å². The van der Waals surface area contributed by atoms with Gasteiger partial charge in [-0.05, 0) is 104 Å². The Morgan fingerprint density at radius 2 is 1.37 bits per heavy atom. The molecule has 2 N–H and O–H groups in total. The number of nitrogens with one attached hydrogen (secondary N) is 2. The molecule has 9 nitrogen and oxygen atoms in total. The molecule has 4 aromatic carbocycles. The molecule has 0 aliphatic heterocycles. The fraction of sp³-hybridized carbons (Fsp3) is 0.107. The lowest BCUT2D eigenvalue weighted by atomic mass is 10.3. The van der Waals surface area contributed by atoms with Crippen LogP contribution in [0.25, 0.3) is 0 Å². The van der Waals surface area contributed by atoms with Crippen LogP contribution in [0.2, 0.25) is 5.02 Å². The van der Waals surface area contributed by atoms with E-state index in [0.29, 0.717) is 17.4 Å². The van der Waals surface area contributed by atoms with Crippen LogP contribution in [0.15, 0.2) is 107 Å². The molecule has 0 saturated heterocycles. The van der Waals surface area contributed by atoms with Crippen LogP contribution in [0.1, 0.15) is 6.92 Å².